The first-order valence-corrected chi connectivity index (χ1v) is 10.4. The highest BCUT2D eigenvalue weighted by atomic mass is 35.5. The summed E-state index contributed by atoms with van der Waals surface area (Å²) in [6.45, 7) is 3.17. The normalized spacial score (nSPS) is 19.3. The third-order valence-corrected chi connectivity index (χ3v) is 5.77. The van der Waals surface area contributed by atoms with Crippen LogP contribution in [0.25, 0.3) is 0 Å². The molecule has 0 saturated carbocycles. The SMILES string of the molecule is Cl.Clc1ccc(O[C@H]2CCN(CCc3ccccc3)C[C@@H]2c2ccccc2)cc1. The molecule has 0 bridgehead atoms. The van der Waals surface area contributed by atoms with E-state index in [0.29, 0.717) is 5.92 Å². The minimum absolute atomic E-state index is 0. The van der Waals surface area contributed by atoms with Gasteiger partial charge in [-0.25, -0.2) is 0 Å². The predicted molar refractivity (Wildman–Crippen MR) is 124 cm³/mol. The molecule has 1 aliphatic heterocycles. The second-order valence-corrected chi connectivity index (χ2v) is 7.89. The van der Waals surface area contributed by atoms with Gasteiger partial charge in [0.15, 0.2) is 0 Å². The first-order chi connectivity index (χ1) is 13.8. The molecule has 1 heterocycles. The lowest BCUT2D eigenvalue weighted by Crippen LogP contribution is -2.44. The van der Waals surface area contributed by atoms with Gasteiger partial charge in [0.2, 0.25) is 0 Å². The van der Waals surface area contributed by atoms with E-state index in [0.717, 1.165) is 43.2 Å². The molecular weight excluding hydrogens is 401 g/mol. The van der Waals surface area contributed by atoms with Crippen molar-refractivity contribution in [2.75, 3.05) is 19.6 Å². The van der Waals surface area contributed by atoms with Crippen LogP contribution in [0.15, 0.2) is 84.9 Å². The minimum atomic E-state index is 0. The lowest BCUT2D eigenvalue weighted by molar-refractivity contribution is 0.0783. The van der Waals surface area contributed by atoms with Crippen molar-refractivity contribution in [2.45, 2.75) is 24.9 Å². The van der Waals surface area contributed by atoms with Crippen LogP contribution in [0.3, 0.4) is 0 Å². The molecule has 0 spiro atoms. The molecule has 1 saturated heterocycles. The van der Waals surface area contributed by atoms with Crippen molar-refractivity contribution in [3.8, 4) is 5.75 Å². The van der Waals surface area contributed by atoms with Crippen LogP contribution in [0.4, 0.5) is 0 Å². The van der Waals surface area contributed by atoms with Crippen LogP contribution in [-0.2, 0) is 6.42 Å². The molecule has 0 N–H and O–H groups in total. The fourth-order valence-electron chi connectivity index (χ4n) is 3.98. The third kappa shape index (κ3) is 5.99. The summed E-state index contributed by atoms with van der Waals surface area (Å²) in [6, 6.07) is 29.2. The monoisotopic (exact) mass is 427 g/mol. The topological polar surface area (TPSA) is 12.5 Å². The fourth-order valence-corrected chi connectivity index (χ4v) is 4.11. The zero-order valence-electron chi connectivity index (χ0n) is 16.4. The molecule has 152 valence electrons. The number of hydrogen-bond acceptors (Lipinski definition) is 2. The van der Waals surface area contributed by atoms with Crippen LogP contribution < -0.4 is 4.74 Å². The minimum Gasteiger partial charge on any atom is -0.490 e. The van der Waals surface area contributed by atoms with Crippen molar-refractivity contribution in [3.05, 3.63) is 101 Å². The molecule has 3 aromatic carbocycles. The third-order valence-electron chi connectivity index (χ3n) is 5.52. The first-order valence-electron chi connectivity index (χ1n) is 10.0. The molecular formula is C25H27Cl2NO. The van der Waals surface area contributed by atoms with E-state index < -0.39 is 0 Å². The Balaban J connectivity index is 0.00000240. The van der Waals surface area contributed by atoms with Gasteiger partial charge in [-0.15, -0.1) is 12.4 Å². The molecule has 4 heteroatoms. The van der Waals surface area contributed by atoms with E-state index >= 15 is 0 Å². The fraction of sp³-hybridized carbons (Fsp3) is 0.280. The van der Waals surface area contributed by atoms with Crippen molar-refractivity contribution in [2.24, 2.45) is 0 Å². The van der Waals surface area contributed by atoms with Crippen LogP contribution in [0.2, 0.25) is 5.02 Å². The van der Waals surface area contributed by atoms with Gasteiger partial charge in [0, 0.05) is 30.6 Å². The zero-order chi connectivity index (χ0) is 19.2. The number of likely N-dealkylation sites (tertiary alicyclic amines) is 1. The number of halogens is 2. The molecule has 1 fully saturated rings. The van der Waals surface area contributed by atoms with E-state index in [2.05, 4.69) is 65.6 Å². The summed E-state index contributed by atoms with van der Waals surface area (Å²) in [7, 11) is 0. The van der Waals surface area contributed by atoms with Crippen molar-refractivity contribution in [1.29, 1.82) is 0 Å². The summed E-state index contributed by atoms with van der Waals surface area (Å²) in [4.78, 5) is 2.58. The number of benzene rings is 3. The summed E-state index contributed by atoms with van der Waals surface area (Å²) in [6.07, 6.45) is 2.29. The number of ether oxygens (including phenoxy) is 1. The average Bonchev–Trinajstić information content (AvgIpc) is 2.76. The van der Waals surface area contributed by atoms with E-state index in [4.69, 9.17) is 16.3 Å². The van der Waals surface area contributed by atoms with Crippen LogP contribution in [-0.4, -0.2) is 30.6 Å². The summed E-state index contributed by atoms with van der Waals surface area (Å²) in [5.74, 6) is 1.26. The maximum Gasteiger partial charge on any atom is 0.119 e. The van der Waals surface area contributed by atoms with Gasteiger partial charge in [0.1, 0.15) is 11.9 Å². The summed E-state index contributed by atoms with van der Waals surface area (Å²) in [5.41, 5.74) is 2.75. The highest BCUT2D eigenvalue weighted by Crippen LogP contribution is 2.31. The lowest BCUT2D eigenvalue weighted by Gasteiger charge is -2.39. The standard InChI is InChI=1S/C25H26ClNO.ClH/c26-22-11-13-23(14-12-22)28-25-16-18-27(17-15-20-7-3-1-4-8-20)19-24(25)21-9-5-2-6-10-21;/h1-14,24-25H,15-19H2;1H/t24-,25+;/m1./s1. The van der Waals surface area contributed by atoms with E-state index in [1.54, 1.807) is 0 Å². The Morgan fingerprint density at radius 3 is 2.21 bits per heavy atom. The van der Waals surface area contributed by atoms with Gasteiger partial charge in [-0.2, -0.15) is 0 Å². The maximum atomic E-state index is 6.40. The van der Waals surface area contributed by atoms with Crippen LogP contribution in [0.5, 0.6) is 5.75 Å². The molecule has 4 rings (SSSR count). The Labute approximate surface area is 184 Å². The molecule has 0 amide bonds. The Bertz CT molecular complexity index is 855. The van der Waals surface area contributed by atoms with E-state index in [1.807, 2.05) is 24.3 Å². The second kappa shape index (κ2) is 10.7. The smallest absolute Gasteiger partial charge is 0.119 e. The van der Waals surface area contributed by atoms with E-state index in [9.17, 15) is 0 Å². The van der Waals surface area contributed by atoms with Crippen molar-refractivity contribution < 1.29 is 4.74 Å². The largest absolute Gasteiger partial charge is 0.490 e. The summed E-state index contributed by atoms with van der Waals surface area (Å²) in [5, 5.41) is 0.739. The Kier molecular flexibility index (Phi) is 8.00. The summed E-state index contributed by atoms with van der Waals surface area (Å²) < 4.78 is 6.40. The number of rotatable bonds is 6. The predicted octanol–water partition coefficient (Wildman–Crippen LogP) is 6.24. The van der Waals surface area contributed by atoms with Gasteiger partial charge in [-0.05, 0) is 48.2 Å². The van der Waals surface area contributed by atoms with Gasteiger partial charge < -0.3 is 9.64 Å². The molecule has 3 aromatic rings. The van der Waals surface area contributed by atoms with Gasteiger partial charge >= 0.3 is 0 Å². The highest BCUT2D eigenvalue weighted by Gasteiger charge is 2.31. The van der Waals surface area contributed by atoms with Gasteiger partial charge in [0.05, 0.1) is 0 Å². The van der Waals surface area contributed by atoms with E-state index in [1.165, 1.54) is 11.1 Å². The van der Waals surface area contributed by atoms with Crippen molar-refractivity contribution >= 4 is 24.0 Å². The molecule has 2 atom stereocenters. The molecule has 0 aromatic heterocycles. The molecule has 29 heavy (non-hydrogen) atoms. The zero-order valence-corrected chi connectivity index (χ0v) is 18.0. The van der Waals surface area contributed by atoms with Gasteiger partial charge in [-0.1, -0.05) is 72.3 Å². The van der Waals surface area contributed by atoms with E-state index in [-0.39, 0.29) is 18.5 Å². The summed E-state index contributed by atoms with van der Waals surface area (Å²) >= 11 is 6.02. The van der Waals surface area contributed by atoms with Crippen LogP contribution in [0, 0.1) is 0 Å². The second-order valence-electron chi connectivity index (χ2n) is 7.45. The lowest BCUT2D eigenvalue weighted by atomic mass is 9.87. The van der Waals surface area contributed by atoms with Gasteiger partial charge in [-0.3, -0.25) is 0 Å². The Morgan fingerprint density at radius 2 is 1.52 bits per heavy atom. The molecule has 2 nitrogen and oxygen atoms in total. The number of hydrogen-bond donors (Lipinski definition) is 0. The number of nitrogens with zero attached hydrogens (tertiary/aromatic N) is 1. The van der Waals surface area contributed by atoms with Crippen LogP contribution in [0.1, 0.15) is 23.5 Å². The molecule has 0 unspecified atom stereocenters. The highest BCUT2D eigenvalue weighted by molar-refractivity contribution is 6.30. The average molecular weight is 428 g/mol. The van der Waals surface area contributed by atoms with Crippen molar-refractivity contribution in [3.63, 3.8) is 0 Å². The molecule has 0 aliphatic carbocycles. The van der Waals surface area contributed by atoms with Gasteiger partial charge in [0.25, 0.3) is 0 Å². The Morgan fingerprint density at radius 1 is 0.862 bits per heavy atom. The van der Waals surface area contributed by atoms with Crippen LogP contribution >= 0.6 is 24.0 Å². The van der Waals surface area contributed by atoms with Crippen molar-refractivity contribution in [1.82, 2.24) is 4.90 Å². The molecule has 0 radical (unpaired) electrons. The quantitative estimate of drug-likeness (QED) is 0.461. The molecule has 1 aliphatic rings. The number of piperidine rings is 1. The maximum absolute atomic E-state index is 6.40. The Hall–Kier alpha value is -2.00. The first kappa shape index (κ1) is 21.7.